The molecule has 0 spiro atoms. The van der Waals surface area contributed by atoms with Crippen LogP contribution in [0, 0.1) is 3.57 Å². The first-order chi connectivity index (χ1) is 10.2. The van der Waals surface area contributed by atoms with Gasteiger partial charge in [-0.15, -0.1) is 0 Å². The van der Waals surface area contributed by atoms with Crippen LogP contribution in [0.5, 0.6) is 0 Å². The largest absolute Gasteiger partial charge is 0.298 e. The van der Waals surface area contributed by atoms with Gasteiger partial charge in [-0.1, -0.05) is 29.8 Å². The number of halogens is 2. The average molecular weight is 409 g/mol. The summed E-state index contributed by atoms with van der Waals surface area (Å²) in [6, 6.07) is 15.2. The molecule has 3 rings (SSSR count). The normalized spacial score (nSPS) is 10.6. The minimum Gasteiger partial charge on any atom is -0.298 e. The molecule has 0 unspecified atom stereocenters. The van der Waals surface area contributed by atoms with Crippen LogP contribution < -0.4 is 0 Å². The highest BCUT2D eigenvalue weighted by atomic mass is 127. The van der Waals surface area contributed by atoms with Gasteiger partial charge in [0.1, 0.15) is 5.69 Å². The van der Waals surface area contributed by atoms with Crippen molar-refractivity contribution in [3.05, 3.63) is 68.9 Å². The number of hydrogen-bond donors (Lipinski definition) is 0. The summed E-state index contributed by atoms with van der Waals surface area (Å²) in [5.41, 5.74) is 3.06. The molecule has 0 bridgehead atoms. The zero-order valence-electron chi connectivity index (χ0n) is 10.8. The number of aromatic nitrogens is 2. The zero-order chi connectivity index (χ0) is 14.8. The highest BCUT2D eigenvalue weighted by Gasteiger charge is 2.13. The maximum atomic E-state index is 11.3. The SMILES string of the molecule is O=Cc1cn(-c2ccc(Cl)cc2)nc1-c1ccccc1I. The van der Waals surface area contributed by atoms with Gasteiger partial charge >= 0.3 is 0 Å². The smallest absolute Gasteiger partial charge is 0.153 e. The second-order valence-electron chi connectivity index (χ2n) is 4.45. The second-order valence-corrected chi connectivity index (χ2v) is 6.05. The molecule has 0 N–H and O–H groups in total. The quantitative estimate of drug-likeness (QED) is 0.469. The molecule has 0 fully saturated rings. The fraction of sp³-hybridized carbons (Fsp3) is 0. The van der Waals surface area contributed by atoms with E-state index < -0.39 is 0 Å². The Morgan fingerprint density at radius 1 is 1.10 bits per heavy atom. The van der Waals surface area contributed by atoms with Gasteiger partial charge in [-0.05, 0) is 52.9 Å². The predicted octanol–water partition coefficient (Wildman–Crippen LogP) is 4.61. The summed E-state index contributed by atoms with van der Waals surface area (Å²) < 4.78 is 2.75. The maximum absolute atomic E-state index is 11.3. The van der Waals surface area contributed by atoms with Crippen molar-refractivity contribution < 1.29 is 4.79 Å². The van der Waals surface area contributed by atoms with E-state index in [1.54, 1.807) is 23.0 Å². The lowest BCUT2D eigenvalue weighted by Crippen LogP contribution is -1.94. The van der Waals surface area contributed by atoms with E-state index in [4.69, 9.17) is 11.6 Å². The Kier molecular flexibility index (Phi) is 4.07. The summed E-state index contributed by atoms with van der Waals surface area (Å²) in [6.07, 6.45) is 2.56. The lowest BCUT2D eigenvalue weighted by atomic mass is 10.1. The van der Waals surface area contributed by atoms with Crippen LogP contribution in [0.15, 0.2) is 54.7 Å². The van der Waals surface area contributed by atoms with Crippen LogP contribution in [0.25, 0.3) is 16.9 Å². The first kappa shape index (κ1) is 14.3. The van der Waals surface area contributed by atoms with Crippen LogP contribution in [0.4, 0.5) is 0 Å². The van der Waals surface area contributed by atoms with Crippen LogP contribution in [-0.2, 0) is 0 Å². The number of rotatable bonds is 3. The molecule has 0 amide bonds. The van der Waals surface area contributed by atoms with Crippen LogP contribution in [0.1, 0.15) is 10.4 Å². The Bertz CT molecular complexity index is 796. The molecule has 0 radical (unpaired) electrons. The Labute approximate surface area is 140 Å². The average Bonchev–Trinajstić information content (AvgIpc) is 2.92. The first-order valence-corrected chi connectivity index (χ1v) is 7.70. The second kappa shape index (κ2) is 5.99. The minimum atomic E-state index is 0.564. The molecule has 2 aromatic carbocycles. The van der Waals surface area contributed by atoms with Crippen molar-refractivity contribution in [3.8, 4) is 16.9 Å². The van der Waals surface area contributed by atoms with Crippen molar-refractivity contribution in [1.82, 2.24) is 9.78 Å². The number of nitrogens with zero attached hydrogens (tertiary/aromatic N) is 2. The summed E-state index contributed by atoms with van der Waals surface area (Å²) in [7, 11) is 0. The third-order valence-corrected chi connectivity index (χ3v) is 4.28. The summed E-state index contributed by atoms with van der Waals surface area (Å²) in [6.45, 7) is 0. The Balaban J connectivity index is 2.13. The lowest BCUT2D eigenvalue weighted by Gasteiger charge is -2.02. The summed E-state index contributed by atoms with van der Waals surface area (Å²) in [5.74, 6) is 0. The van der Waals surface area contributed by atoms with Gasteiger partial charge in [0.2, 0.25) is 0 Å². The van der Waals surface area contributed by atoms with Gasteiger partial charge in [0.15, 0.2) is 6.29 Å². The molecule has 0 saturated heterocycles. The van der Waals surface area contributed by atoms with Crippen molar-refractivity contribution in [3.63, 3.8) is 0 Å². The van der Waals surface area contributed by atoms with E-state index in [1.807, 2.05) is 36.4 Å². The topological polar surface area (TPSA) is 34.9 Å². The van der Waals surface area contributed by atoms with Crippen molar-refractivity contribution in [2.75, 3.05) is 0 Å². The Morgan fingerprint density at radius 2 is 1.81 bits per heavy atom. The number of benzene rings is 2. The number of carbonyl (C=O) groups is 1. The fourth-order valence-electron chi connectivity index (χ4n) is 2.06. The monoisotopic (exact) mass is 408 g/mol. The van der Waals surface area contributed by atoms with Gasteiger partial charge in [-0.25, -0.2) is 4.68 Å². The predicted molar refractivity (Wildman–Crippen MR) is 92.1 cm³/mol. The van der Waals surface area contributed by atoms with Gasteiger partial charge in [0.25, 0.3) is 0 Å². The van der Waals surface area contributed by atoms with Crippen molar-refractivity contribution in [2.45, 2.75) is 0 Å². The molecule has 0 aliphatic carbocycles. The van der Waals surface area contributed by atoms with E-state index in [0.717, 1.165) is 21.1 Å². The van der Waals surface area contributed by atoms with E-state index >= 15 is 0 Å². The zero-order valence-corrected chi connectivity index (χ0v) is 13.7. The minimum absolute atomic E-state index is 0.564. The van der Waals surface area contributed by atoms with Crippen molar-refractivity contribution >= 4 is 40.5 Å². The van der Waals surface area contributed by atoms with Crippen LogP contribution in [0.3, 0.4) is 0 Å². The van der Waals surface area contributed by atoms with Crippen LogP contribution in [0.2, 0.25) is 5.02 Å². The number of hydrogen-bond acceptors (Lipinski definition) is 2. The molecule has 0 atom stereocenters. The van der Waals surface area contributed by atoms with Gasteiger partial charge in [0.05, 0.1) is 11.3 Å². The molecule has 0 aliphatic heterocycles. The standard InChI is InChI=1S/C16H10ClIN2O/c17-12-5-7-13(8-6-12)20-9-11(10-21)16(19-20)14-3-1-2-4-15(14)18/h1-10H. The molecular weight excluding hydrogens is 399 g/mol. The fourth-order valence-corrected chi connectivity index (χ4v) is 2.83. The van der Waals surface area contributed by atoms with Gasteiger partial charge < -0.3 is 0 Å². The molecule has 0 saturated carbocycles. The number of carbonyl (C=O) groups excluding carboxylic acids is 1. The van der Waals surface area contributed by atoms with Gasteiger partial charge in [-0.3, -0.25) is 4.79 Å². The summed E-state index contributed by atoms with van der Waals surface area (Å²) in [5, 5.41) is 5.22. The molecule has 5 heteroatoms. The van der Waals surface area contributed by atoms with E-state index in [-0.39, 0.29) is 0 Å². The van der Waals surface area contributed by atoms with Gasteiger partial charge in [0, 0.05) is 20.4 Å². The molecule has 3 aromatic rings. The lowest BCUT2D eigenvalue weighted by molar-refractivity contribution is 0.112. The highest BCUT2D eigenvalue weighted by Crippen LogP contribution is 2.27. The summed E-state index contributed by atoms with van der Waals surface area (Å²) >= 11 is 8.14. The molecule has 104 valence electrons. The van der Waals surface area contributed by atoms with E-state index in [1.165, 1.54) is 0 Å². The maximum Gasteiger partial charge on any atom is 0.153 e. The number of aldehydes is 1. The van der Waals surface area contributed by atoms with E-state index in [9.17, 15) is 4.79 Å². The third-order valence-electron chi connectivity index (χ3n) is 3.09. The van der Waals surface area contributed by atoms with Crippen molar-refractivity contribution in [1.29, 1.82) is 0 Å². The molecule has 3 nitrogen and oxygen atoms in total. The van der Waals surface area contributed by atoms with Crippen LogP contribution >= 0.6 is 34.2 Å². The summed E-state index contributed by atoms with van der Waals surface area (Å²) in [4.78, 5) is 11.3. The molecular formula is C16H10ClIN2O. The van der Waals surface area contributed by atoms with Gasteiger partial charge in [-0.2, -0.15) is 5.10 Å². The highest BCUT2D eigenvalue weighted by molar-refractivity contribution is 14.1. The molecule has 0 aliphatic rings. The van der Waals surface area contributed by atoms with Crippen molar-refractivity contribution in [2.24, 2.45) is 0 Å². The molecule has 1 heterocycles. The van der Waals surface area contributed by atoms with Crippen LogP contribution in [-0.4, -0.2) is 16.1 Å². The third kappa shape index (κ3) is 2.87. The molecule has 21 heavy (non-hydrogen) atoms. The Morgan fingerprint density at radius 3 is 2.48 bits per heavy atom. The first-order valence-electron chi connectivity index (χ1n) is 6.25. The Hall–Kier alpha value is -1.66. The van der Waals surface area contributed by atoms with E-state index in [0.29, 0.717) is 16.3 Å². The molecule has 1 aromatic heterocycles. The van der Waals surface area contributed by atoms with E-state index in [2.05, 4.69) is 27.7 Å².